The Kier molecular flexibility index (Phi) is 3.88. The maximum Gasteiger partial charge on any atom is 0.160 e. The van der Waals surface area contributed by atoms with Gasteiger partial charge in [-0.1, -0.05) is 66.7 Å². The average Bonchev–Trinajstić information content (AvgIpc) is 2.72. The van der Waals surface area contributed by atoms with Gasteiger partial charge >= 0.3 is 0 Å². The first-order valence-electron chi connectivity index (χ1n) is 7.43. The van der Waals surface area contributed by atoms with Crippen molar-refractivity contribution in [3.63, 3.8) is 0 Å². The summed E-state index contributed by atoms with van der Waals surface area (Å²) in [4.78, 5) is 12.2. The topological polar surface area (TPSA) is 17.1 Å². The Hall–Kier alpha value is -2.67. The molecule has 22 heavy (non-hydrogen) atoms. The molecule has 3 rings (SSSR count). The third-order valence-corrected chi connectivity index (χ3v) is 3.94. The molecule has 0 spiro atoms. The second-order valence-electron chi connectivity index (χ2n) is 5.50. The Balaban J connectivity index is 2.16. The zero-order valence-electron chi connectivity index (χ0n) is 12.8. The standard InChI is InChI=1S/C21H18O/c1-15-8-6-7-10-19(15)21(16(2)22)14-18-13-12-17-9-4-3-5-11-20(17)18/h3-14H,1-2H3. The van der Waals surface area contributed by atoms with Crippen molar-refractivity contribution in [3.05, 3.63) is 83.4 Å². The van der Waals surface area contributed by atoms with Crippen LogP contribution in [0.25, 0.3) is 22.8 Å². The summed E-state index contributed by atoms with van der Waals surface area (Å²) in [7, 11) is 0. The normalized spacial score (nSPS) is 11.6. The summed E-state index contributed by atoms with van der Waals surface area (Å²) < 4.78 is 0. The number of hydrogen-bond donors (Lipinski definition) is 0. The van der Waals surface area contributed by atoms with Crippen LogP contribution < -0.4 is 0 Å². The van der Waals surface area contributed by atoms with E-state index in [4.69, 9.17) is 0 Å². The van der Waals surface area contributed by atoms with E-state index in [-0.39, 0.29) is 5.78 Å². The molecule has 0 bridgehead atoms. The maximum atomic E-state index is 12.2. The van der Waals surface area contributed by atoms with Crippen molar-refractivity contribution in [2.24, 2.45) is 0 Å². The smallest absolute Gasteiger partial charge is 0.160 e. The molecule has 1 nitrogen and oxygen atoms in total. The lowest BCUT2D eigenvalue weighted by molar-refractivity contribution is -0.111. The fourth-order valence-electron chi connectivity index (χ4n) is 2.76. The molecule has 2 aliphatic rings. The summed E-state index contributed by atoms with van der Waals surface area (Å²) in [5.41, 5.74) is 6.31. The van der Waals surface area contributed by atoms with E-state index in [1.165, 1.54) is 5.56 Å². The van der Waals surface area contributed by atoms with Crippen LogP contribution in [0.2, 0.25) is 0 Å². The van der Waals surface area contributed by atoms with Crippen molar-refractivity contribution in [2.75, 3.05) is 0 Å². The predicted octanol–water partition coefficient (Wildman–Crippen LogP) is 5.23. The summed E-state index contributed by atoms with van der Waals surface area (Å²) in [5, 5.41) is 0. The van der Waals surface area contributed by atoms with Gasteiger partial charge in [0.15, 0.2) is 5.78 Å². The number of ketones is 1. The minimum atomic E-state index is 0.0870. The van der Waals surface area contributed by atoms with Crippen molar-refractivity contribution in [2.45, 2.75) is 13.8 Å². The van der Waals surface area contributed by atoms with Gasteiger partial charge in [-0.25, -0.2) is 0 Å². The summed E-state index contributed by atoms with van der Waals surface area (Å²) in [6.07, 6.45) is 2.01. The second kappa shape index (κ2) is 5.98. The zero-order chi connectivity index (χ0) is 15.5. The minimum Gasteiger partial charge on any atom is -0.294 e. The molecule has 0 unspecified atom stereocenters. The highest BCUT2D eigenvalue weighted by Gasteiger charge is 2.12. The SMILES string of the molecule is CC(=O)C(=Cc1ccc2cccccc1-2)c1ccccc1C. The Labute approximate surface area is 131 Å². The van der Waals surface area contributed by atoms with Gasteiger partial charge < -0.3 is 0 Å². The molecule has 0 radical (unpaired) electrons. The number of fused-ring (bicyclic) bond motifs is 1. The third-order valence-electron chi connectivity index (χ3n) is 3.94. The van der Waals surface area contributed by atoms with Crippen LogP contribution in [-0.4, -0.2) is 5.78 Å². The third kappa shape index (κ3) is 2.71. The Bertz CT molecular complexity index is 827. The molecule has 108 valence electrons. The van der Waals surface area contributed by atoms with Gasteiger partial charge in [0, 0.05) is 5.57 Å². The Morgan fingerprint density at radius 1 is 0.864 bits per heavy atom. The number of carbonyl (C=O) groups is 1. The van der Waals surface area contributed by atoms with E-state index in [0.717, 1.165) is 27.8 Å². The first-order valence-corrected chi connectivity index (χ1v) is 7.43. The minimum absolute atomic E-state index is 0.0870. The number of rotatable bonds is 3. The van der Waals surface area contributed by atoms with Gasteiger partial charge in [0.1, 0.15) is 0 Å². The van der Waals surface area contributed by atoms with Crippen LogP contribution >= 0.6 is 0 Å². The largest absolute Gasteiger partial charge is 0.294 e. The molecule has 0 amide bonds. The van der Waals surface area contributed by atoms with Gasteiger partial charge in [0.05, 0.1) is 0 Å². The quantitative estimate of drug-likeness (QED) is 0.602. The van der Waals surface area contributed by atoms with Crippen LogP contribution in [0.4, 0.5) is 0 Å². The number of aryl methyl sites for hydroxylation is 1. The molecule has 1 aromatic carbocycles. The van der Waals surface area contributed by atoms with Crippen molar-refractivity contribution in [1.82, 2.24) is 0 Å². The summed E-state index contributed by atoms with van der Waals surface area (Å²) in [6.45, 7) is 3.67. The summed E-state index contributed by atoms with van der Waals surface area (Å²) in [6, 6.07) is 22.4. The molecule has 0 aromatic heterocycles. The van der Waals surface area contributed by atoms with Crippen LogP contribution in [0, 0.1) is 6.92 Å². The molecule has 0 atom stereocenters. The van der Waals surface area contributed by atoms with E-state index < -0.39 is 0 Å². The van der Waals surface area contributed by atoms with E-state index in [1.54, 1.807) is 6.92 Å². The summed E-state index contributed by atoms with van der Waals surface area (Å²) in [5.74, 6) is 0.0870. The van der Waals surface area contributed by atoms with Crippen molar-refractivity contribution in [1.29, 1.82) is 0 Å². The van der Waals surface area contributed by atoms with Gasteiger partial charge in [-0.15, -0.1) is 0 Å². The molecular weight excluding hydrogens is 268 g/mol. The molecular formula is C21H18O. The van der Waals surface area contributed by atoms with Gasteiger partial charge in [-0.3, -0.25) is 4.79 Å². The maximum absolute atomic E-state index is 12.2. The average molecular weight is 286 g/mol. The molecule has 2 aliphatic carbocycles. The highest BCUT2D eigenvalue weighted by atomic mass is 16.1. The highest BCUT2D eigenvalue weighted by molar-refractivity contribution is 6.25. The first-order chi connectivity index (χ1) is 10.7. The van der Waals surface area contributed by atoms with Crippen LogP contribution in [-0.2, 0) is 4.79 Å². The van der Waals surface area contributed by atoms with Crippen LogP contribution in [0.15, 0.2) is 66.7 Å². The lowest BCUT2D eigenvalue weighted by Gasteiger charge is -2.08. The fourth-order valence-corrected chi connectivity index (χ4v) is 2.76. The van der Waals surface area contributed by atoms with Crippen LogP contribution in [0.3, 0.4) is 0 Å². The predicted molar refractivity (Wildman–Crippen MR) is 92.8 cm³/mol. The molecule has 0 heterocycles. The van der Waals surface area contributed by atoms with E-state index in [0.29, 0.717) is 0 Å². The number of benzene rings is 1. The number of Topliss-reactive ketones (excluding diaryl/α,β-unsaturated/α-hetero) is 1. The number of allylic oxidation sites excluding steroid dienone is 1. The zero-order valence-corrected chi connectivity index (χ0v) is 12.8. The van der Waals surface area contributed by atoms with E-state index in [9.17, 15) is 4.79 Å². The molecule has 0 saturated heterocycles. The Morgan fingerprint density at radius 3 is 2.36 bits per heavy atom. The van der Waals surface area contributed by atoms with Crippen molar-refractivity contribution >= 4 is 17.4 Å². The molecule has 0 saturated carbocycles. The molecule has 0 N–H and O–H groups in total. The second-order valence-corrected chi connectivity index (χ2v) is 5.50. The molecule has 0 fully saturated rings. The number of hydrogen-bond acceptors (Lipinski definition) is 1. The van der Waals surface area contributed by atoms with E-state index >= 15 is 0 Å². The van der Waals surface area contributed by atoms with Gasteiger partial charge in [-0.2, -0.15) is 0 Å². The van der Waals surface area contributed by atoms with Gasteiger partial charge in [-0.05, 0) is 47.7 Å². The number of carbonyl (C=O) groups excluding carboxylic acids is 1. The molecule has 0 aliphatic heterocycles. The lowest BCUT2D eigenvalue weighted by atomic mass is 9.95. The van der Waals surface area contributed by atoms with E-state index in [2.05, 4.69) is 24.3 Å². The van der Waals surface area contributed by atoms with Crippen LogP contribution in [0.5, 0.6) is 0 Å². The monoisotopic (exact) mass is 286 g/mol. The Morgan fingerprint density at radius 2 is 1.59 bits per heavy atom. The molecule has 1 heteroatoms. The summed E-state index contributed by atoms with van der Waals surface area (Å²) >= 11 is 0. The fraction of sp³-hybridized carbons (Fsp3) is 0.0952. The van der Waals surface area contributed by atoms with E-state index in [1.807, 2.05) is 55.5 Å². The molecule has 1 aromatic rings. The lowest BCUT2D eigenvalue weighted by Crippen LogP contribution is -1.98. The van der Waals surface area contributed by atoms with Crippen LogP contribution in [0.1, 0.15) is 23.6 Å². The first kappa shape index (κ1) is 14.3. The van der Waals surface area contributed by atoms with Gasteiger partial charge in [0.25, 0.3) is 0 Å². The van der Waals surface area contributed by atoms with Gasteiger partial charge in [0.2, 0.25) is 0 Å². The highest BCUT2D eigenvalue weighted by Crippen LogP contribution is 2.31. The van der Waals surface area contributed by atoms with Crippen molar-refractivity contribution < 1.29 is 4.79 Å². The van der Waals surface area contributed by atoms with Crippen molar-refractivity contribution in [3.8, 4) is 11.1 Å².